The van der Waals surface area contributed by atoms with Gasteiger partial charge in [-0.2, -0.15) is 0 Å². The lowest BCUT2D eigenvalue weighted by Gasteiger charge is -2.35. The smallest absolute Gasteiger partial charge is 0.228 e. The SMILES string of the molecule is CCN(CC)CCNC(=O)[C@]1(Cc2cc([C@@H]3CCOC3)no2)CCCNC1. The van der Waals surface area contributed by atoms with Crippen molar-refractivity contribution in [2.75, 3.05) is 52.5 Å². The fourth-order valence-corrected chi connectivity index (χ4v) is 4.15. The number of hydrogen-bond donors (Lipinski definition) is 2. The van der Waals surface area contributed by atoms with Gasteiger partial charge in [-0.1, -0.05) is 19.0 Å². The molecule has 0 saturated carbocycles. The van der Waals surface area contributed by atoms with Crippen LogP contribution in [0.3, 0.4) is 0 Å². The molecule has 7 heteroatoms. The quantitative estimate of drug-likeness (QED) is 0.679. The molecule has 0 unspecified atom stereocenters. The zero-order valence-corrected chi connectivity index (χ0v) is 16.8. The number of ether oxygens (including phenoxy) is 1. The molecule has 0 bridgehead atoms. The summed E-state index contributed by atoms with van der Waals surface area (Å²) in [5, 5.41) is 10.8. The maximum absolute atomic E-state index is 13.1. The highest BCUT2D eigenvalue weighted by Gasteiger charge is 2.41. The third kappa shape index (κ3) is 5.09. The fraction of sp³-hybridized carbons (Fsp3) is 0.800. The van der Waals surface area contributed by atoms with Crippen LogP contribution < -0.4 is 10.6 Å². The van der Waals surface area contributed by atoms with Crippen molar-refractivity contribution in [2.24, 2.45) is 5.41 Å². The van der Waals surface area contributed by atoms with E-state index in [1.54, 1.807) is 0 Å². The molecule has 2 aliphatic rings. The molecule has 0 aliphatic carbocycles. The molecule has 27 heavy (non-hydrogen) atoms. The molecule has 2 saturated heterocycles. The second-order valence-electron chi connectivity index (χ2n) is 7.80. The van der Waals surface area contributed by atoms with Crippen LogP contribution in [-0.2, 0) is 16.0 Å². The first-order valence-electron chi connectivity index (χ1n) is 10.4. The van der Waals surface area contributed by atoms with Gasteiger partial charge in [-0.05, 0) is 38.9 Å². The van der Waals surface area contributed by atoms with E-state index in [0.29, 0.717) is 32.0 Å². The molecule has 0 radical (unpaired) electrons. The standard InChI is InChI=1S/C20H34N4O3/c1-3-24(4-2)10-9-22-19(25)20(7-5-8-21-15-20)13-17-12-18(23-27-17)16-6-11-26-14-16/h12,16,21H,3-11,13-15H2,1-2H3,(H,22,25)/t16-,20+/m1/s1. The summed E-state index contributed by atoms with van der Waals surface area (Å²) in [5.74, 6) is 1.26. The van der Waals surface area contributed by atoms with Gasteiger partial charge in [0.15, 0.2) is 0 Å². The number of nitrogens with one attached hydrogen (secondary N) is 2. The first kappa shape index (κ1) is 20.3. The van der Waals surface area contributed by atoms with Crippen LogP contribution in [0.2, 0.25) is 0 Å². The molecule has 2 aliphatic heterocycles. The fourth-order valence-electron chi connectivity index (χ4n) is 4.15. The summed E-state index contributed by atoms with van der Waals surface area (Å²) >= 11 is 0. The molecule has 0 aromatic carbocycles. The van der Waals surface area contributed by atoms with Crippen LogP contribution in [0.25, 0.3) is 0 Å². The molecule has 7 nitrogen and oxygen atoms in total. The van der Waals surface area contributed by atoms with E-state index in [1.807, 2.05) is 6.07 Å². The molecule has 2 atom stereocenters. The number of nitrogens with zero attached hydrogens (tertiary/aromatic N) is 2. The maximum atomic E-state index is 13.1. The summed E-state index contributed by atoms with van der Waals surface area (Å²) in [4.78, 5) is 15.4. The molecule has 1 amide bonds. The molecule has 1 aromatic rings. The third-order valence-corrected chi connectivity index (χ3v) is 6.00. The van der Waals surface area contributed by atoms with E-state index in [1.165, 1.54) is 0 Å². The Hall–Kier alpha value is -1.44. The number of piperidine rings is 1. The van der Waals surface area contributed by atoms with E-state index < -0.39 is 5.41 Å². The van der Waals surface area contributed by atoms with E-state index >= 15 is 0 Å². The number of amides is 1. The summed E-state index contributed by atoms with van der Waals surface area (Å²) in [6, 6.07) is 2.03. The van der Waals surface area contributed by atoms with Gasteiger partial charge in [0.2, 0.25) is 5.91 Å². The average Bonchev–Trinajstić information content (AvgIpc) is 3.37. The van der Waals surface area contributed by atoms with Crippen LogP contribution in [0.1, 0.15) is 50.5 Å². The largest absolute Gasteiger partial charge is 0.381 e. The Bertz CT molecular complexity index is 588. The summed E-state index contributed by atoms with van der Waals surface area (Å²) in [6.45, 7) is 11.0. The number of rotatable bonds is 9. The normalized spacial score (nSPS) is 25.8. The van der Waals surface area contributed by atoms with E-state index in [2.05, 4.69) is 34.5 Å². The first-order chi connectivity index (χ1) is 13.2. The van der Waals surface area contributed by atoms with E-state index in [9.17, 15) is 4.79 Å². The monoisotopic (exact) mass is 378 g/mol. The van der Waals surface area contributed by atoms with Gasteiger partial charge >= 0.3 is 0 Å². The summed E-state index contributed by atoms with van der Waals surface area (Å²) in [7, 11) is 0. The summed E-state index contributed by atoms with van der Waals surface area (Å²) in [6.07, 6.45) is 3.46. The van der Waals surface area contributed by atoms with Crippen LogP contribution in [0, 0.1) is 5.41 Å². The lowest BCUT2D eigenvalue weighted by atomic mass is 9.76. The van der Waals surface area contributed by atoms with E-state index in [4.69, 9.17) is 9.26 Å². The molecule has 1 aromatic heterocycles. The van der Waals surface area contributed by atoms with Gasteiger partial charge in [0.05, 0.1) is 17.7 Å². The predicted octanol–water partition coefficient (Wildman–Crippen LogP) is 1.55. The zero-order valence-electron chi connectivity index (χ0n) is 16.8. The number of carbonyl (C=O) groups excluding carboxylic acids is 1. The van der Waals surface area contributed by atoms with E-state index in [-0.39, 0.29) is 5.91 Å². The second-order valence-corrected chi connectivity index (χ2v) is 7.80. The molecule has 2 fully saturated rings. The van der Waals surface area contributed by atoms with Crippen molar-refractivity contribution in [1.82, 2.24) is 20.7 Å². The van der Waals surface area contributed by atoms with Crippen LogP contribution >= 0.6 is 0 Å². The van der Waals surface area contributed by atoms with Crippen LogP contribution in [0.5, 0.6) is 0 Å². The van der Waals surface area contributed by atoms with Crippen LogP contribution in [-0.4, -0.2) is 68.4 Å². The van der Waals surface area contributed by atoms with Crippen molar-refractivity contribution in [3.63, 3.8) is 0 Å². The number of hydrogen-bond acceptors (Lipinski definition) is 6. The maximum Gasteiger partial charge on any atom is 0.228 e. The van der Waals surface area contributed by atoms with Crippen molar-refractivity contribution in [3.8, 4) is 0 Å². The van der Waals surface area contributed by atoms with Gasteiger partial charge in [-0.25, -0.2) is 0 Å². The molecule has 3 heterocycles. The van der Waals surface area contributed by atoms with Crippen molar-refractivity contribution in [1.29, 1.82) is 0 Å². The van der Waals surface area contributed by atoms with Crippen molar-refractivity contribution >= 4 is 5.91 Å². The lowest BCUT2D eigenvalue weighted by molar-refractivity contribution is -0.132. The first-order valence-corrected chi connectivity index (χ1v) is 10.4. The molecule has 0 spiro atoms. The minimum Gasteiger partial charge on any atom is -0.381 e. The Morgan fingerprint density at radius 1 is 1.44 bits per heavy atom. The van der Waals surface area contributed by atoms with Gasteiger partial charge in [-0.15, -0.1) is 0 Å². The minimum atomic E-state index is -0.454. The van der Waals surface area contributed by atoms with Gasteiger partial charge < -0.3 is 24.8 Å². The number of likely N-dealkylation sites (N-methyl/N-ethyl adjacent to an activating group) is 1. The van der Waals surface area contributed by atoms with Crippen LogP contribution in [0.15, 0.2) is 10.6 Å². The Labute approximate surface area is 162 Å². The van der Waals surface area contributed by atoms with Gasteiger partial charge in [0.1, 0.15) is 5.76 Å². The highest BCUT2D eigenvalue weighted by Crippen LogP contribution is 2.33. The van der Waals surface area contributed by atoms with E-state index in [0.717, 1.165) is 63.5 Å². The minimum absolute atomic E-state index is 0.129. The summed E-state index contributed by atoms with van der Waals surface area (Å²) < 4.78 is 11.1. The third-order valence-electron chi connectivity index (χ3n) is 6.00. The Balaban J connectivity index is 1.62. The highest BCUT2D eigenvalue weighted by atomic mass is 16.5. The summed E-state index contributed by atoms with van der Waals surface area (Å²) in [5.41, 5.74) is 0.508. The second kappa shape index (κ2) is 9.66. The zero-order chi connectivity index (χ0) is 19.1. The molecule has 3 rings (SSSR count). The predicted molar refractivity (Wildman–Crippen MR) is 104 cm³/mol. The molecular formula is C20H34N4O3. The Morgan fingerprint density at radius 3 is 2.96 bits per heavy atom. The molecule has 2 N–H and O–H groups in total. The van der Waals surface area contributed by atoms with Crippen molar-refractivity contribution in [3.05, 3.63) is 17.5 Å². The highest BCUT2D eigenvalue weighted by molar-refractivity contribution is 5.83. The van der Waals surface area contributed by atoms with Crippen LogP contribution in [0.4, 0.5) is 0 Å². The molecule has 152 valence electrons. The number of carbonyl (C=O) groups is 1. The molecular weight excluding hydrogens is 344 g/mol. The Kier molecular flexibility index (Phi) is 7.26. The van der Waals surface area contributed by atoms with Gasteiger partial charge in [0.25, 0.3) is 0 Å². The lowest BCUT2D eigenvalue weighted by Crippen LogP contribution is -2.52. The van der Waals surface area contributed by atoms with Crippen molar-refractivity contribution in [2.45, 2.75) is 45.4 Å². The Morgan fingerprint density at radius 2 is 2.30 bits per heavy atom. The van der Waals surface area contributed by atoms with Gasteiger partial charge in [-0.3, -0.25) is 4.79 Å². The topological polar surface area (TPSA) is 79.6 Å². The van der Waals surface area contributed by atoms with Gasteiger partial charge in [0, 0.05) is 44.6 Å². The average molecular weight is 379 g/mol. The number of aromatic nitrogens is 1. The van der Waals surface area contributed by atoms with Crippen molar-refractivity contribution < 1.29 is 14.1 Å².